The molecule has 712 valence electrons. The summed E-state index contributed by atoms with van der Waals surface area (Å²) in [6, 6.07) is 65.9. The largest absolute Gasteiger partial charge is 0.316 e. The minimum atomic E-state index is -0.367. The van der Waals surface area contributed by atoms with Gasteiger partial charge in [0.15, 0.2) is 0 Å². The Morgan fingerprint density at radius 2 is 0.338 bits per heavy atom. The zero-order valence-corrected chi connectivity index (χ0v) is 79.0. The molecule has 13 aromatic heterocycles. The zero-order valence-electron chi connectivity index (χ0n) is 78.2. The fraction of sp³-hybridized carbons (Fsp3) is 0.0991. The van der Waals surface area contributed by atoms with E-state index in [1.807, 2.05) is 251 Å². The van der Waals surface area contributed by atoms with Crippen LogP contribution in [-0.4, -0.2) is 89.7 Å². The SMILES string of the molecule is C.Cc1ccc(C=c2[nH]c(=O)c(=Cc3ccc(C)cn3)[nH]c2=O)cc1.Cc1ccc(C=c2[nH]c(=O)c(=Cc3ccc(C)cn3)[nH]c2=O)cc1.Cc1ccc(C=c2[nH]c(=O)c(=Cc3ccc(C)cn3)[nH]c2=O)cc1.Cc1ccc(C=c2[nH]c(=O)c(=Cc3ccc(C)cn3)[nH]c2=O)cc1.Cc1ccc(C=c2[nH]c(=O)c(=Cc3ccccc3)[nH]c2=O)nc1.Cc1ccc(C=c2[nH]c(=O)c(=Cc3cccs3)[nH]c2=O)nc1. The summed E-state index contributed by atoms with van der Waals surface area (Å²) < 4.78 is 0. The Labute approximate surface area is 811 Å². The van der Waals surface area contributed by atoms with E-state index in [9.17, 15) is 57.5 Å². The molecule has 0 aliphatic rings. The van der Waals surface area contributed by atoms with Gasteiger partial charge in [0.05, 0.1) is 34.2 Å². The third-order valence-corrected chi connectivity index (χ3v) is 21.6. The summed E-state index contributed by atoms with van der Waals surface area (Å²) in [7, 11) is 0. The van der Waals surface area contributed by atoms with Gasteiger partial charge in [0.25, 0.3) is 66.7 Å². The maximum Gasteiger partial charge on any atom is 0.272 e. The molecule has 0 unspecified atom stereocenters. The number of thiophene rings is 1. The molecule has 142 heavy (non-hydrogen) atoms. The normalized spacial score (nSPS) is 12.5. The summed E-state index contributed by atoms with van der Waals surface area (Å²) >= 11 is 1.49. The Bertz CT molecular complexity index is 8110. The van der Waals surface area contributed by atoms with E-state index in [0.29, 0.717) is 34.2 Å². The van der Waals surface area contributed by atoms with E-state index >= 15 is 0 Å². The number of pyridine rings is 6. The molecule has 13 heterocycles. The molecule has 0 radical (unpaired) electrons. The van der Waals surface area contributed by atoms with Gasteiger partial charge in [-0.05, 0) is 251 Å². The fourth-order valence-electron chi connectivity index (χ4n) is 13.0. The van der Waals surface area contributed by atoms with Gasteiger partial charge < -0.3 is 59.8 Å². The summed E-state index contributed by atoms with van der Waals surface area (Å²) in [6.07, 6.45) is 29.4. The van der Waals surface area contributed by atoms with Crippen LogP contribution in [0.5, 0.6) is 0 Å². The minimum absolute atomic E-state index is 0. The second kappa shape index (κ2) is 48.6. The summed E-state index contributed by atoms with van der Waals surface area (Å²) in [5.74, 6) is 0. The van der Waals surface area contributed by atoms with Crippen LogP contribution < -0.4 is 131 Å². The lowest BCUT2D eigenvalue weighted by Crippen LogP contribution is -2.46. The van der Waals surface area contributed by atoms with Crippen molar-refractivity contribution >= 4 is 84.2 Å². The first-order chi connectivity index (χ1) is 67.8. The molecular weight excluding hydrogens is 1810 g/mol. The Morgan fingerprint density at radius 1 is 0.176 bits per heavy atom. The summed E-state index contributed by atoms with van der Waals surface area (Å²) in [5, 5.41) is 4.32. The first-order valence-electron chi connectivity index (χ1n) is 44.1. The van der Waals surface area contributed by atoms with Gasteiger partial charge in [0.2, 0.25) is 0 Å². The van der Waals surface area contributed by atoms with Crippen molar-refractivity contribution < 1.29 is 0 Å². The van der Waals surface area contributed by atoms with E-state index < -0.39 is 0 Å². The van der Waals surface area contributed by atoms with Crippen molar-refractivity contribution in [2.45, 2.75) is 76.7 Å². The van der Waals surface area contributed by atoms with Crippen LogP contribution in [0.2, 0.25) is 0 Å². The number of rotatable bonds is 12. The lowest BCUT2D eigenvalue weighted by atomic mass is 10.1. The lowest BCUT2D eigenvalue weighted by molar-refractivity contribution is 1.00. The van der Waals surface area contributed by atoms with Crippen LogP contribution in [0, 0.1) is 69.2 Å². The van der Waals surface area contributed by atoms with Crippen molar-refractivity contribution in [2.75, 3.05) is 0 Å². The average molecular weight is 1910 g/mol. The van der Waals surface area contributed by atoms with Crippen molar-refractivity contribution in [1.82, 2.24) is 89.7 Å². The monoisotopic (exact) mass is 1910 g/mol. The lowest BCUT2D eigenvalue weighted by Gasteiger charge is -1.96. The number of aryl methyl sites for hydroxylation is 10. The molecule has 0 bridgehead atoms. The first kappa shape index (κ1) is 102. The van der Waals surface area contributed by atoms with E-state index in [1.165, 1.54) is 11.3 Å². The Kier molecular flexibility index (Phi) is 35.0. The van der Waals surface area contributed by atoms with Crippen LogP contribution in [-0.2, 0) is 0 Å². The molecule has 31 heteroatoms. The Hall–Kier alpha value is -18.8. The molecule has 0 saturated carbocycles. The van der Waals surface area contributed by atoms with Gasteiger partial charge in [0.1, 0.15) is 64.2 Å². The summed E-state index contributed by atoms with van der Waals surface area (Å²) in [6.45, 7) is 19.5. The Morgan fingerprint density at radius 3 is 0.500 bits per heavy atom. The van der Waals surface area contributed by atoms with Crippen LogP contribution in [0.15, 0.2) is 312 Å². The van der Waals surface area contributed by atoms with Crippen LogP contribution in [0.1, 0.15) is 130 Å². The molecule has 5 aromatic carbocycles. The second-order valence-electron chi connectivity index (χ2n) is 32.8. The first-order valence-corrected chi connectivity index (χ1v) is 44.9. The van der Waals surface area contributed by atoms with E-state index in [1.54, 1.807) is 146 Å². The molecule has 0 spiro atoms. The number of aromatic nitrogens is 18. The number of aromatic amines is 12. The number of benzene rings is 5. The van der Waals surface area contributed by atoms with Crippen molar-refractivity contribution in [3.05, 3.63) is 566 Å². The molecule has 12 N–H and O–H groups in total. The Balaban J connectivity index is 0.000000152. The van der Waals surface area contributed by atoms with Gasteiger partial charge in [-0.3, -0.25) is 87.4 Å². The molecule has 0 amide bonds. The molecule has 0 fully saturated rings. The molecule has 0 atom stereocenters. The van der Waals surface area contributed by atoms with Crippen molar-refractivity contribution in [2.24, 2.45) is 0 Å². The number of H-pyrrole nitrogens is 12. The number of nitrogens with zero attached hydrogens (tertiary/aromatic N) is 6. The number of hydrogen-bond donors (Lipinski definition) is 12. The molecule has 30 nitrogen and oxygen atoms in total. The number of hydrogen-bond acceptors (Lipinski definition) is 19. The number of nitrogens with one attached hydrogen (secondary N) is 12. The predicted molar refractivity (Wildman–Crippen MR) is 560 cm³/mol. The van der Waals surface area contributed by atoms with Gasteiger partial charge in [-0.15, -0.1) is 11.3 Å². The minimum Gasteiger partial charge on any atom is -0.316 e. The van der Waals surface area contributed by atoms with Crippen LogP contribution in [0.25, 0.3) is 72.9 Å². The van der Waals surface area contributed by atoms with Crippen LogP contribution in [0.4, 0.5) is 0 Å². The molecule has 0 aliphatic heterocycles. The summed E-state index contributed by atoms with van der Waals surface area (Å²) in [4.78, 5) is 204. The molecule has 0 saturated heterocycles. The third kappa shape index (κ3) is 30.4. The molecule has 18 rings (SSSR count). The highest BCUT2D eigenvalue weighted by Crippen LogP contribution is 2.11. The highest BCUT2D eigenvalue weighted by atomic mass is 32.1. The van der Waals surface area contributed by atoms with Crippen molar-refractivity contribution in [3.63, 3.8) is 0 Å². The topological polar surface area (TPSA) is 472 Å². The quantitative estimate of drug-likeness (QED) is 0.0802. The van der Waals surface area contributed by atoms with Gasteiger partial charge in [-0.1, -0.05) is 200 Å². The maximum absolute atomic E-state index is 12.2. The third-order valence-electron chi connectivity index (χ3n) is 20.8. The fourth-order valence-corrected chi connectivity index (χ4v) is 13.7. The van der Waals surface area contributed by atoms with E-state index in [0.717, 1.165) is 88.3 Å². The van der Waals surface area contributed by atoms with Gasteiger partial charge >= 0.3 is 0 Å². The molecule has 0 aliphatic carbocycles. The van der Waals surface area contributed by atoms with E-state index in [2.05, 4.69) is 89.7 Å². The molecule has 18 aromatic rings. The average Bonchev–Trinajstić information content (AvgIpc) is 0.944. The standard InChI is InChI=1S/4C19H17N3O2.C18H15N3O2.C16H13N3O2S.CH4/c4*1-12-3-6-14(7-4-12)9-16-18(23)22-17(19(24)21-16)10-15-8-5-13(2)11-20-15;1-12-7-8-14(19-11-12)10-16-18(23)20-15(17(22)21-16)9-13-5-3-2-4-6-13;1-10-4-5-11(17-9-10)7-13-15(20)19-14(16(21)18-13)8-12-3-2-6-22-12;/h4*3-11H,1-2H3,(H,21,24)(H,22,23);2-11H,1H3,(H,20,23)(H,21,22);2-9H,1H3,(H,18,21)(H,19,20);1H4. The van der Waals surface area contributed by atoms with E-state index in [4.69, 9.17) is 0 Å². The smallest absolute Gasteiger partial charge is 0.272 e. The van der Waals surface area contributed by atoms with Crippen LogP contribution in [0.3, 0.4) is 0 Å². The maximum atomic E-state index is 12.2. The summed E-state index contributed by atoms with van der Waals surface area (Å²) in [5.41, 5.74) is 14.3. The van der Waals surface area contributed by atoms with Gasteiger partial charge in [0, 0.05) is 42.1 Å². The predicted octanol–water partition coefficient (Wildman–Crippen LogP) is 4.48. The van der Waals surface area contributed by atoms with Gasteiger partial charge in [-0.2, -0.15) is 0 Å². The zero-order chi connectivity index (χ0) is 100. The van der Waals surface area contributed by atoms with E-state index in [-0.39, 0.29) is 138 Å². The van der Waals surface area contributed by atoms with Gasteiger partial charge in [-0.25, -0.2) is 0 Å². The second-order valence-corrected chi connectivity index (χ2v) is 33.8. The molecular formula is C111H100N18O12S. The van der Waals surface area contributed by atoms with Crippen LogP contribution >= 0.6 is 11.3 Å². The highest BCUT2D eigenvalue weighted by Gasteiger charge is 2.07. The highest BCUT2D eigenvalue weighted by molar-refractivity contribution is 7.10. The van der Waals surface area contributed by atoms with Crippen molar-refractivity contribution in [1.29, 1.82) is 0 Å². The van der Waals surface area contributed by atoms with Crippen molar-refractivity contribution in [3.8, 4) is 0 Å².